The summed E-state index contributed by atoms with van der Waals surface area (Å²) >= 11 is 0. The molecule has 0 aromatic carbocycles. The number of hydrogen-bond acceptors (Lipinski definition) is 6. The van der Waals surface area contributed by atoms with E-state index < -0.39 is 4.92 Å². The van der Waals surface area contributed by atoms with E-state index in [1.165, 1.54) is 25.0 Å². The van der Waals surface area contributed by atoms with Gasteiger partial charge in [0.25, 0.3) is 0 Å². The number of rotatable bonds is 6. The number of hydrogen-bond donors (Lipinski definition) is 1. The van der Waals surface area contributed by atoms with Gasteiger partial charge < -0.3 is 5.32 Å². The molecule has 1 atom stereocenters. The van der Waals surface area contributed by atoms with Gasteiger partial charge in [-0.05, 0) is 32.9 Å². The van der Waals surface area contributed by atoms with Crippen LogP contribution in [0, 0.1) is 21.4 Å². The molecule has 1 unspecified atom stereocenters. The highest BCUT2D eigenvalue weighted by atomic mass is 16.6. The maximum absolute atomic E-state index is 10.7. The quantitative estimate of drug-likeness (QED) is 0.627. The van der Waals surface area contributed by atoms with Crippen LogP contribution in [0.4, 0.5) is 11.5 Å². The average Bonchev–Trinajstić information content (AvgIpc) is 3.27. The summed E-state index contributed by atoms with van der Waals surface area (Å²) in [4.78, 5) is 16.4. The summed E-state index contributed by atoms with van der Waals surface area (Å²) in [5.74, 6) is 0.489. The van der Waals surface area contributed by atoms with Crippen molar-refractivity contribution in [3.05, 3.63) is 27.9 Å². The fraction of sp³-hybridized carbons (Fsp3) is 0.538. The van der Waals surface area contributed by atoms with Crippen LogP contribution in [0.1, 0.15) is 25.5 Å². The van der Waals surface area contributed by atoms with Crippen LogP contribution in [0.3, 0.4) is 0 Å². The number of nitrogens with zero attached hydrogens (tertiary/aromatic N) is 4. The number of aromatic nitrogens is 1. The van der Waals surface area contributed by atoms with Crippen molar-refractivity contribution in [2.45, 2.75) is 31.8 Å². The summed E-state index contributed by atoms with van der Waals surface area (Å²) in [6.45, 7) is 2.80. The van der Waals surface area contributed by atoms with E-state index in [0.29, 0.717) is 24.4 Å². The number of nitro groups is 1. The average molecular weight is 275 g/mol. The highest BCUT2D eigenvalue weighted by Gasteiger charge is 2.29. The first-order valence-electron chi connectivity index (χ1n) is 6.54. The molecule has 1 fully saturated rings. The van der Waals surface area contributed by atoms with E-state index in [1.807, 2.05) is 0 Å². The van der Waals surface area contributed by atoms with Gasteiger partial charge in [-0.1, -0.05) is 0 Å². The Morgan fingerprint density at radius 1 is 1.65 bits per heavy atom. The molecule has 0 radical (unpaired) electrons. The predicted octanol–water partition coefficient (Wildman–Crippen LogP) is 1.76. The van der Waals surface area contributed by atoms with Crippen LogP contribution in [0.25, 0.3) is 0 Å². The van der Waals surface area contributed by atoms with Gasteiger partial charge in [0.2, 0.25) is 5.69 Å². The Morgan fingerprint density at radius 2 is 2.35 bits per heavy atom. The Bertz CT molecular complexity index is 550. The van der Waals surface area contributed by atoms with Crippen molar-refractivity contribution in [3.8, 4) is 6.07 Å². The van der Waals surface area contributed by atoms with E-state index in [9.17, 15) is 10.1 Å². The molecule has 20 heavy (non-hydrogen) atoms. The summed E-state index contributed by atoms with van der Waals surface area (Å²) in [5, 5.41) is 22.7. The third kappa shape index (κ3) is 3.22. The largest absolute Gasteiger partial charge is 0.368 e. The van der Waals surface area contributed by atoms with Crippen LogP contribution >= 0.6 is 0 Å². The van der Waals surface area contributed by atoms with Crippen LogP contribution in [0.2, 0.25) is 0 Å². The SMILES string of the molecule is CC(CNc1ccc([N+](=O)[O-])c(C#N)n1)N(C)C1CC1. The van der Waals surface area contributed by atoms with Gasteiger partial charge in [-0.3, -0.25) is 15.0 Å². The van der Waals surface area contributed by atoms with Crippen molar-refractivity contribution < 1.29 is 4.92 Å². The fourth-order valence-corrected chi connectivity index (χ4v) is 2.02. The number of nitrogens with one attached hydrogen (secondary N) is 1. The molecule has 0 amide bonds. The molecule has 0 saturated heterocycles. The second-order valence-corrected chi connectivity index (χ2v) is 5.06. The molecule has 2 rings (SSSR count). The lowest BCUT2D eigenvalue weighted by atomic mass is 10.2. The molecule has 0 aliphatic heterocycles. The molecule has 1 aliphatic carbocycles. The Balaban J connectivity index is 1.99. The first-order chi connectivity index (χ1) is 9.52. The van der Waals surface area contributed by atoms with Crippen molar-refractivity contribution >= 4 is 11.5 Å². The monoisotopic (exact) mass is 275 g/mol. The number of nitriles is 1. The lowest BCUT2D eigenvalue weighted by Gasteiger charge is -2.24. The van der Waals surface area contributed by atoms with Crippen LogP contribution in [-0.2, 0) is 0 Å². The van der Waals surface area contributed by atoms with Gasteiger partial charge >= 0.3 is 5.69 Å². The summed E-state index contributed by atoms with van der Waals surface area (Å²) in [6.07, 6.45) is 2.49. The van der Waals surface area contributed by atoms with Crippen molar-refractivity contribution in [3.63, 3.8) is 0 Å². The third-order valence-corrected chi connectivity index (χ3v) is 3.57. The molecule has 7 heteroatoms. The second kappa shape index (κ2) is 5.84. The highest BCUT2D eigenvalue weighted by molar-refractivity contribution is 5.50. The Hall–Kier alpha value is -2.20. The van der Waals surface area contributed by atoms with Gasteiger partial charge in [0.05, 0.1) is 4.92 Å². The zero-order valence-corrected chi connectivity index (χ0v) is 11.5. The minimum Gasteiger partial charge on any atom is -0.368 e. The van der Waals surface area contributed by atoms with Crippen molar-refractivity contribution in [1.82, 2.24) is 9.88 Å². The summed E-state index contributed by atoms with van der Waals surface area (Å²) in [7, 11) is 2.09. The van der Waals surface area contributed by atoms with Crippen molar-refractivity contribution in [2.75, 3.05) is 18.9 Å². The van der Waals surface area contributed by atoms with E-state index in [1.54, 1.807) is 6.07 Å². The minimum absolute atomic E-state index is 0.164. The molecule has 0 bridgehead atoms. The predicted molar refractivity (Wildman–Crippen MR) is 74.3 cm³/mol. The second-order valence-electron chi connectivity index (χ2n) is 5.06. The summed E-state index contributed by atoms with van der Waals surface area (Å²) in [6, 6.07) is 5.60. The molecule has 1 aromatic heterocycles. The maximum atomic E-state index is 10.7. The normalized spacial score (nSPS) is 15.7. The van der Waals surface area contributed by atoms with Crippen LogP contribution in [-0.4, -0.2) is 40.5 Å². The van der Waals surface area contributed by atoms with Gasteiger partial charge in [-0.2, -0.15) is 5.26 Å². The Morgan fingerprint density at radius 3 is 2.90 bits per heavy atom. The van der Waals surface area contributed by atoms with E-state index >= 15 is 0 Å². The van der Waals surface area contributed by atoms with Gasteiger partial charge in [0.1, 0.15) is 11.9 Å². The molecule has 1 N–H and O–H groups in total. The van der Waals surface area contributed by atoms with Gasteiger partial charge in [0.15, 0.2) is 0 Å². The van der Waals surface area contributed by atoms with Crippen molar-refractivity contribution in [2.24, 2.45) is 0 Å². The molecule has 1 saturated carbocycles. The number of pyridine rings is 1. The molecule has 1 aromatic rings. The molecule has 7 nitrogen and oxygen atoms in total. The van der Waals surface area contributed by atoms with Gasteiger partial charge in [0, 0.05) is 24.7 Å². The minimum atomic E-state index is -0.598. The van der Waals surface area contributed by atoms with Crippen molar-refractivity contribution in [1.29, 1.82) is 5.26 Å². The lowest BCUT2D eigenvalue weighted by Crippen LogP contribution is -2.36. The van der Waals surface area contributed by atoms with Gasteiger partial charge in [-0.25, -0.2) is 4.98 Å². The highest BCUT2D eigenvalue weighted by Crippen LogP contribution is 2.27. The van der Waals surface area contributed by atoms with Gasteiger partial charge in [-0.15, -0.1) is 0 Å². The first kappa shape index (κ1) is 14.2. The Labute approximate surface area is 117 Å². The topological polar surface area (TPSA) is 95.1 Å². The molecule has 1 heterocycles. The smallest absolute Gasteiger partial charge is 0.305 e. The lowest BCUT2D eigenvalue weighted by molar-refractivity contribution is -0.385. The van der Waals surface area contributed by atoms with E-state index in [2.05, 4.69) is 29.2 Å². The number of anilines is 1. The van der Waals surface area contributed by atoms with Crippen LogP contribution in [0.15, 0.2) is 12.1 Å². The van der Waals surface area contributed by atoms with Crippen LogP contribution < -0.4 is 5.32 Å². The van der Waals surface area contributed by atoms with E-state index in [-0.39, 0.29) is 11.4 Å². The zero-order valence-electron chi connectivity index (χ0n) is 11.5. The molecular formula is C13H17N5O2. The molecule has 106 valence electrons. The molecule has 0 spiro atoms. The summed E-state index contributed by atoms with van der Waals surface area (Å²) in [5.41, 5.74) is -0.426. The summed E-state index contributed by atoms with van der Waals surface area (Å²) < 4.78 is 0. The fourth-order valence-electron chi connectivity index (χ4n) is 2.02. The molecular weight excluding hydrogens is 258 g/mol. The zero-order chi connectivity index (χ0) is 14.7. The standard InChI is InChI=1S/C13H17N5O2/c1-9(17(2)10-3-4-10)8-15-13-6-5-12(18(19)20)11(7-14)16-13/h5-6,9-10H,3-4,8H2,1-2H3,(H,15,16). The van der Waals surface area contributed by atoms with E-state index in [0.717, 1.165) is 0 Å². The maximum Gasteiger partial charge on any atom is 0.305 e. The number of likely N-dealkylation sites (N-methyl/N-ethyl adjacent to an activating group) is 1. The Kier molecular flexibility index (Phi) is 4.15. The van der Waals surface area contributed by atoms with E-state index in [4.69, 9.17) is 5.26 Å². The third-order valence-electron chi connectivity index (χ3n) is 3.57. The van der Waals surface area contributed by atoms with Crippen LogP contribution in [0.5, 0.6) is 0 Å². The first-order valence-corrected chi connectivity index (χ1v) is 6.54. The molecule has 1 aliphatic rings.